The highest BCUT2D eigenvalue weighted by Gasteiger charge is 2.56. The van der Waals surface area contributed by atoms with Crippen LogP contribution in [-0.2, 0) is 16.0 Å². The van der Waals surface area contributed by atoms with Crippen LogP contribution < -0.4 is 10.1 Å². The average molecular weight is 263 g/mol. The van der Waals surface area contributed by atoms with Crippen molar-refractivity contribution in [2.24, 2.45) is 5.41 Å². The van der Waals surface area contributed by atoms with E-state index in [1.807, 2.05) is 24.3 Å². The minimum Gasteiger partial charge on any atom is -0.497 e. The SMILES string of the molecule is COc1ccc(CCNC(=O)C2(C(=O)O)CC2)cc1. The first-order valence-electron chi connectivity index (χ1n) is 6.23. The van der Waals surface area contributed by atoms with Crippen molar-refractivity contribution in [3.8, 4) is 5.75 Å². The molecular formula is C14H17NO4. The van der Waals surface area contributed by atoms with Gasteiger partial charge in [0.05, 0.1) is 7.11 Å². The fraction of sp³-hybridized carbons (Fsp3) is 0.429. The molecule has 1 saturated carbocycles. The summed E-state index contributed by atoms with van der Waals surface area (Å²) in [7, 11) is 1.61. The van der Waals surface area contributed by atoms with Crippen molar-refractivity contribution in [3.05, 3.63) is 29.8 Å². The lowest BCUT2D eigenvalue weighted by molar-refractivity contribution is -0.149. The van der Waals surface area contributed by atoms with E-state index >= 15 is 0 Å². The second-order valence-corrected chi connectivity index (χ2v) is 4.74. The minimum absolute atomic E-state index is 0.367. The van der Waals surface area contributed by atoms with Crippen molar-refractivity contribution in [3.63, 3.8) is 0 Å². The Kier molecular flexibility index (Phi) is 3.74. The number of methoxy groups -OCH3 is 1. The first-order valence-corrected chi connectivity index (χ1v) is 6.23. The number of aliphatic carboxylic acids is 1. The van der Waals surface area contributed by atoms with Crippen LogP contribution in [0.3, 0.4) is 0 Å². The van der Waals surface area contributed by atoms with Crippen molar-refractivity contribution in [2.75, 3.05) is 13.7 Å². The monoisotopic (exact) mass is 263 g/mol. The van der Waals surface area contributed by atoms with Gasteiger partial charge in [-0.15, -0.1) is 0 Å². The minimum atomic E-state index is -1.15. The Morgan fingerprint density at radius 1 is 1.32 bits per heavy atom. The van der Waals surface area contributed by atoms with E-state index in [0.29, 0.717) is 25.8 Å². The first kappa shape index (κ1) is 13.4. The molecular weight excluding hydrogens is 246 g/mol. The molecule has 1 amide bonds. The molecule has 0 spiro atoms. The van der Waals surface area contributed by atoms with Crippen molar-refractivity contribution in [2.45, 2.75) is 19.3 Å². The first-order chi connectivity index (χ1) is 9.08. The Morgan fingerprint density at radius 2 is 1.95 bits per heavy atom. The van der Waals surface area contributed by atoms with Crippen molar-refractivity contribution < 1.29 is 19.4 Å². The summed E-state index contributed by atoms with van der Waals surface area (Å²) in [6.07, 6.45) is 1.55. The van der Waals surface area contributed by atoms with Gasteiger partial charge in [0.1, 0.15) is 11.2 Å². The van der Waals surface area contributed by atoms with Gasteiger partial charge in [0, 0.05) is 6.54 Å². The molecule has 5 nitrogen and oxygen atoms in total. The number of amides is 1. The highest BCUT2D eigenvalue weighted by molar-refractivity contribution is 6.04. The molecule has 2 rings (SSSR count). The maximum atomic E-state index is 11.7. The summed E-state index contributed by atoms with van der Waals surface area (Å²) >= 11 is 0. The Labute approximate surface area is 111 Å². The number of rotatable bonds is 6. The van der Waals surface area contributed by atoms with E-state index < -0.39 is 11.4 Å². The van der Waals surface area contributed by atoms with Crippen LogP contribution in [0.15, 0.2) is 24.3 Å². The van der Waals surface area contributed by atoms with E-state index in [1.165, 1.54) is 0 Å². The van der Waals surface area contributed by atoms with Crippen LogP contribution in [0, 0.1) is 5.41 Å². The molecule has 0 heterocycles. The molecule has 1 aromatic carbocycles. The van der Waals surface area contributed by atoms with E-state index in [0.717, 1.165) is 11.3 Å². The molecule has 2 N–H and O–H groups in total. The Hall–Kier alpha value is -2.04. The molecule has 0 aromatic heterocycles. The zero-order chi connectivity index (χ0) is 13.9. The highest BCUT2D eigenvalue weighted by atomic mass is 16.5. The smallest absolute Gasteiger partial charge is 0.319 e. The fourth-order valence-corrected chi connectivity index (χ4v) is 1.94. The van der Waals surface area contributed by atoms with Gasteiger partial charge in [-0.1, -0.05) is 12.1 Å². The molecule has 5 heteroatoms. The van der Waals surface area contributed by atoms with E-state index in [2.05, 4.69) is 5.32 Å². The number of hydrogen-bond donors (Lipinski definition) is 2. The number of carboxylic acids is 1. The predicted molar refractivity (Wildman–Crippen MR) is 69.0 cm³/mol. The molecule has 1 aromatic rings. The van der Waals surface area contributed by atoms with Gasteiger partial charge in [0.15, 0.2) is 0 Å². The van der Waals surface area contributed by atoms with E-state index in [-0.39, 0.29) is 5.91 Å². The molecule has 102 valence electrons. The maximum Gasteiger partial charge on any atom is 0.319 e. The summed E-state index contributed by atoms with van der Waals surface area (Å²) in [6, 6.07) is 7.57. The molecule has 0 bridgehead atoms. The Morgan fingerprint density at radius 3 is 2.42 bits per heavy atom. The number of benzene rings is 1. The molecule has 1 aliphatic rings. The standard InChI is InChI=1S/C14H17NO4/c1-19-11-4-2-10(3-5-11)6-9-15-12(16)14(7-8-14)13(17)18/h2-5H,6-9H2,1H3,(H,15,16)(H,17,18). The molecule has 0 saturated heterocycles. The van der Waals surface area contributed by atoms with Crippen LogP contribution in [-0.4, -0.2) is 30.6 Å². The van der Waals surface area contributed by atoms with Crippen molar-refractivity contribution in [1.29, 1.82) is 0 Å². The number of hydrogen-bond acceptors (Lipinski definition) is 3. The van der Waals surface area contributed by atoms with Crippen molar-refractivity contribution in [1.82, 2.24) is 5.32 Å². The van der Waals surface area contributed by atoms with Crippen LogP contribution in [0.25, 0.3) is 0 Å². The number of carbonyl (C=O) groups is 2. The summed E-state index contributed by atoms with van der Waals surface area (Å²) in [6.45, 7) is 0.445. The molecule has 0 unspecified atom stereocenters. The largest absolute Gasteiger partial charge is 0.497 e. The lowest BCUT2D eigenvalue weighted by Gasteiger charge is -2.10. The van der Waals surface area contributed by atoms with Gasteiger partial charge in [-0.2, -0.15) is 0 Å². The quantitative estimate of drug-likeness (QED) is 0.757. The lowest BCUT2D eigenvalue weighted by atomic mass is 10.1. The number of ether oxygens (including phenoxy) is 1. The summed E-state index contributed by atoms with van der Waals surface area (Å²) in [5.74, 6) is -0.599. The topological polar surface area (TPSA) is 75.6 Å². The highest BCUT2D eigenvalue weighted by Crippen LogP contribution is 2.45. The van der Waals surface area contributed by atoms with E-state index in [9.17, 15) is 9.59 Å². The second kappa shape index (κ2) is 5.30. The summed E-state index contributed by atoms with van der Waals surface area (Å²) < 4.78 is 5.06. The van der Waals surface area contributed by atoms with Gasteiger partial charge in [-0.3, -0.25) is 9.59 Å². The summed E-state index contributed by atoms with van der Waals surface area (Å²) in [5.41, 5.74) is -0.0822. The Balaban J connectivity index is 1.80. The molecule has 19 heavy (non-hydrogen) atoms. The third kappa shape index (κ3) is 2.86. The van der Waals surface area contributed by atoms with Crippen LogP contribution in [0.5, 0.6) is 5.75 Å². The molecule has 1 fully saturated rings. The van der Waals surface area contributed by atoms with E-state index in [4.69, 9.17) is 9.84 Å². The van der Waals surface area contributed by atoms with Crippen molar-refractivity contribution >= 4 is 11.9 Å². The van der Waals surface area contributed by atoms with Crippen LogP contribution in [0.4, 0.5) is 0 Å². The van der Waals surface area contributed by atoms with E-state index in [1.54, 1.807) is 7.11 Å². The van der Waals surface area contributed by atoms with Crippen LogP contribution >= 0.6 is 0 Å². The third-order valence-corrected chi connectivity index (χ3v) is 3.45. The van der Waals surface area contributed by atoms with Crippen LogP contribution in [0.1, 0.15) is 18.4 Å². The second-order valence-electron chi connectivity index (χ2n) is 4.74. The fourth-order valence-electron chi connectivity index (χ4n) is 1.94. The van der Waals surface area contributed by atoms with Crippen LogP contribution in [0.2, 0.25) is 0 Å². The molecule has 0 atom stereocenters. The number of carbonyl (C=O) groups excluding carboxylic acids is 1. The van der Waals surface area contributed by atoms with Gasteiger partial charge < -0.3 is 15.2 Å². The Bertz CT molecular complexity index is 477. The number of nitrogens with one attached hydrogen (secondary N) is 1. The predicted octanol–water partition coefficient (Wildman–Crippen LogP) is 1.22. The maximum absolute atomic E-state index is 11.7. The van der Waals surface area contributed by atoms with Gasteiger partial charge in [0.2, 0.25) is 5.91 Å². The lowest BCUT2D eigenvalue weighted by Crippen LogP contribution is -2.37. The normalized spacial score (nSPS) is 15.6. The number of carboxylic acid groups (broad SMARTS) is 1. The van der Waals surface area contributed by atoms with Gasteiger partial charge in [-0.05, 0) is 37.0 Å². The van der Waals surface area contributed by atoms with Gasteiger partial charge in [-0.25, -0.2) is 0 Å². The van der Waals surface area contributed by atoms with Gasteiger partial charge >= 0.3 is 5.97 Å². The van der Waals surface area contributed by atoms with Gasteiger partial charge in [0.25, 0.3) is 0 Å². The average Bonchev–Trinajstić information content (AvgIpc) is 3.21. The zero-order valence-corrected chi connectivity index (χ0v) is 10.8. The molecule has 1 aliphatic carbocycles. The zero-order valence-electron chi connectivity index (χ0n) is 10.8. The summed E-state index contributed by atoms with van der Waals surface area (Å²) in [5, 5.41) is 11.7. The molecule has 0 radical (unpaired) electrons. The molecule has 0 aliphatic heterocycles. The third-order valence-electron chi connectivity index (χ3n) is 3.45. The summed E-state index contributed by atoms with van der Waals surface area (Å²) in [4.78, 5) is 22.7.